The molecule has 0 bridgehead atoms. The molecule has 2 aliphatic heterocycles. The lowest BCUT2D eigenvalue weighted by Gasteiger charge is -2.31. The van der Waals surface area contributed by atoms with Crippen molar-refractivity contribution in [3.05, 3.63) is 46.2 Å². The fourth-order valence-electron chi connectivity index (χ4n) is 3.46. The van der Waals surface area contributed by atoms with Crippen molar-refractivity contribution >= 4 is 12.0 Å². The summed E-state index contributed by atoms with van der Waals surface area (Å²) in [5, 5.41) is 15.3. The van der Waals surface area contributed by atoms with Gasteiger partial charge in [-0.15, -0.1) is 0 Å². The van der Waals surface area contributed by atoms with Crippen LogP contribution in [0.15, 0.2) is 29.5 Å². The molecule has 3 N–H and O–H groups in total. The van der Waals surface area contributed by atoms with Crippen molar-refractivity contribution in [1.82, 2.24) is 15.5 Å². The molecular weight excluding hydrogens is 306 g/mol. The van der Waals surface area contributed by atoms with E-state index in [1.54, 1.807) is 0 Å². The number of amides is 2. The summed E-state index contributed by atoms with van der Waals surface area (Å²) in [5.41, 5.74) is 3.57. The van der Waals surface area contributed by atoms with Gasteiger partial charge in [0.1, 0.15) is 0 Å². The number of hydrogen-bond donors (Lipinski definition) is 3. The largest absolute Gasteiger partial charge is 0.478 e. The van der Waals surface area contributed by atoms with Crippen LogP contribution in [-0.2, 0) is 4.79 Å². The standard InChI is InChI=1S/C18H23N3O3/c1-11-5-6-12(2)13(9-11)16-15(17(22)23)14(19-18(24)20-16)10-21-7-3-4-8-21/h5-6,9,16H,3-4,7-8,10H2,1-2H3,(H,22,23)(H2,19,20,24). The first-order valence-corrected chi connectivity index (χ1v) is 8.29. The molecule has 128 valence electrons. The van der Waals surface area contributed by atoms with E-state index in [2.05, 4.69) is 15.5 Å². The first-order valence-electron chi connectivity index (χ1n) is 8.29. The molecule has 1 atom stereocenters. The van der Waals surface area contributed by atoms with E-state index in [1.165, 1.54) is 0 Å². The molecule has 0 aromatic heterocycles. The molecule has 0 spiro atoms. The Morgan fingerprint density at radius 3 is 2.67 bits per heavy atom. The van der Waals surface area contributed by atoms with Crippen molar-refractivity contribution in [3.63, 3.8) is 0 Å². The topological polar surface area (TPSA) is 81.7 Å². The average molecular weight is 329 g/mol. The lowest BCUT2D eigenvalue weighted by molar-refractivity contribution is -0.133. The van der Waals surface area contributed by atoms with Gasteiger partial charge >= 0.3 is 12.0 Å². The average Bonchev–Trinajstić information content (AvgIpc) is 3.01. The molecule has 2 amide bonds. The summed E-state index contributed by atoms with van der Waals surface area (Å²) >= 11 is 0. The number of carboxylic acids is 1. The zero-order valence-corrected chi connectivity index (χ0v) is 14.1. The van der Waals surface area contributed by atoms with E-state index in [-0.39, 0.29) is 11.6 Å². The Bertz CT molecular complexity index is 705. The lowest BCUT2D eigenvalue weighted by atomic mass is 9.91. The second kappa shape index (κ2) is 6.65. The monoisotopic (exact) mass is 329 g/mol. The summed E-state index contributed by atoms with van der Waals surface area (Å²) in [7, 11) is 0. The highest BCUT2D eigenvalue weighted by molar-refractivity contribution is 5.94. The Balaban J connectivity index is 2.03. The van der Waals surface area contributed by atoms with Crippen LogP contribution in [0.1, 0.15) is 35.6 Å². The van der Waals surface area contributed by atoms with Gasteiger partial charge in [-0.2, -0.15) is 0 Å². The highest BCUT2D eigenvalue weighted by Gasteiger charge is 2.34. The van der Waals surface area contributed by atoms with Gasteiger partial charge in [0.25, 0.3) is 0 Å². The molecule has 2 heterocycles. The van der Waals surface area contributed by atoms with Crippen molar-refractivity contribution in [3.8, 4) is 0 Å². The number of hydrogen-bond acceptors (Lipinski definition) is 3. The quantitative estimate of drug-likeness (QED) is 0.790. The number of carbonyl (C=O) groups excluding carboxylic acids is 1. The first kappa shape index (κ1) is 16.5. The van der Waals surface area contributed by atoms with Crippen LogP contribution >= 0.6 is 0 Å². The normalized spacial score (nSPS) is 21.6. The smallest absolute Gasteiger partial charge is 0.335 e. The van der Waals surface area contributed by atoms with Gasteiger partial charge in [0.05, 0.1) is 11.6 Å². The number of aryl methyl sites for hydroxylation is 2. The van der Waals surface area contributed by atoms with Crippen LogP contribution in [0.4, 0.5) is 4.79 Å². The third kappa shape index (κ3) is 3.28. The summed E-state index contributed by atoms with van der Waals surface area (Å²) < 4.78 is 0. The minimum atomic E-state index is -0.998. The van der Waals surface area contributed by atoms with Gasteiger partial charge in [-0.3, -0.25) is 4.90 Å². The number of rotatable bonds is 4. The summed E-state index contributed by atoms with van der Waals surface area (Å²) in [6.07, 6.45) is 2.23. The predicted molar refractivity (Wildman–Crippen MR) is 90.7 cm³/mol. The first-order chi connectivity index (χ1) is 11.5. The van der Waals surface area contributed by atoms with Gasteiger partial charge in [0, 0.05) is 12.2 Å². The van der Waals surface area contributed by atoms with E-state index in [4.69, 9.17) is 0 Å². The highest BCUT2D eigenvalue weighted by atomic mass is 16.4. The predicted octanol–water partition coefficient (Wildman–Crippen LogP) is 2.09. The molecule has 6 nitrogen and oxygen atoms in total. The second-order valence-corrected chi connectivity index (χ2v) is 6.57. The summed E-state index contributed by atoms with van der Waals surface area (Å²) in [5.74, 6) is -0.998. The molecule has 1 saturated heterocycles. The van der Waals surface area contributed by atoms with Crippen LogP contribution in [0.25, 0.3) is 0 Å². The Morgan fingerprint density at radius 2 is 2.00 bits per heavy atom. The van der Waals surface area contributed by atoms with E-state index >= 15 is 0 Å². The van der Waals surface area contributed by atoms with Crippen molar-refractivity contribution in [2.24, 2.45) is 0 Å². The number of nitrogens with one attached hydrogen (secondary N) is 2. The van der Waals surface area contributed by atoms with E-state index < -0.39 is 12.0 Å². The highest BCUT2D eigenvalue weighted by Crippen LogP contribution is 2.30. The van der Waals surface area contributed by atoms with Crippen LogP contribution in [0.2, 0.25) is 0 Å². The van der Waals surface area contributed by atoms with Crippen molar-refractivity contribution < 1.29 is 14.7 Å². The van der Waals surface area contributed by atoms with Gasteiger partial charge in [-0.1, -0.05) is 23.8 Å². The number of carbonyl (C=O) groups is 2. The fraction of sp³-hybridized carbons (Fsp3) is 0.444. The zero-order valence-electron chi connectivity index (χ0n) is 14.1. The van der Waals surface area contributed by atoms with Gasteiger partial charge in [0.15, 0.2) is 0 Å². The van der Waals surface area contributed by atoms with Gasteiger partial charge in [-0.05, 0) is 50.9 Å². The molecule has 1 aromatic rings. The number of carboxylic acid groups (broad SMARTS) is 1. The molecule has 0 radical (unpaired) electrons. The number of aliphatic carboxylic acids is 1. The van der Waals surface area contributed by atoms with Crippen molar-refractivity contribution in [2.45, 2.75) is 32.7 Å². The maximum atomic E-state index is 12.1. The number of likely N-dealkylation sites (tertiary alicyclic amines) is 1. The van der Waals surface area contributed by atoms with Crippen molar-refractivity contribution in [1.29, 1.82) is 0 Å². The van der Waals surface area contributed by atoms with Crippen LogP contribution < -0.4 is 10.6 Å². The molecule has 1 aromatic carbocycles. The third-order valence-corrected chi connectivity index (χ3v) is 4.71. The Morgan fingerprint density at radius 1 is 1.29 bits per heavy atom. The molecule has 1 fully saturated rings. The third-order valence-electron chi connectivity index (χ3n) is 4.71. The fourth-order valence-corrected chi connectivity index (χ4v) is 3.46. The minimum absolute atomic E-state index is 0.232. The molecule has 6 heteroatoms. The van der Waals surface area contributed by atoms with Gasteiger partial charge in [-0.25, -0.2) is 9.59 Å². The van der Waals surface area contributed by atoms with Crippen LogP contribution in [0.3, 0.4) is 0 Å². The number of benzene rings is 1. The minimum Gasteiger partial charge on any atom is -0.478 e. The maximum absolute atomic E-state index is 12.1. The Labute approximate surface area is 141 Å². The van der Waals surface area contributed by atoms with E-state index in [9.17, 15) is 14.7 Å². The molecule has 2 aliphatic rings. The van der Waals surface area contributed by atoms with E-state index in [1.807, 2.05) is 32.0 Å². The Kier molecular flexibility index (Phi) is 4.57. The SMILES string of the molecule is Cc1ccc(C)c(C2NC(=O)NC(CN3CCCC3)=C2C(=O)O)c1. The summed E-state index contributed by atoms with van der Waals surface area (Å²) in [4.78, 5) is 26.3. The van der Waals surface area contributed by atoms with E-state index in [0.29, 0.717) is 12.2 Å². The van der Waals surface area contributed by atoms with Gasteiger partial charge in [0.2, 0.25) is 0 Å². The zero-order chi connectivity index (χ0) is 17.3. The van der Waals surface area contributed by atoms with Gasteiger partial charge < -0.3 is 15.7 Å². The summed E-state index contributed by atoms with van der Waals surface area (Å²) in [6.45, 7) is 6.24. The molecule has 0 aliphatic carbocycles. The molecule has 0 saturated carbocycles. The molecular formula is C18H23N3O3. The van der Waals surface area contributed by atoms with Crippen molar-refractivity contribution in [2.75, 3.05) is 19.6 Å². The maximum Gasteiger partial charge on any atom is 0.335 e. The number of urea groups is 1. The number of nitrogens with zero attached hydrogens (tertiary/aromatic N) is 1. The van der Waals surface area contributed by atoms with Crippen LogP contribution in [0, 0.1) is 13.8 Å². The molecule has 3 rings (SSSR count). The van der Waals surface area contributed by atoms with E-state index in [0.717, 1.165) is 42.6 Å². The van der Waals surface area contributed by atoms with Crippen LogP contribution in [-0.4, -0.2) is 41.6 Å². The lowest BCUT2D eigenvalue weighted by Crippen LogP contribution is -2.48. The Hall–Kier alpha value is -2.34. The van der Waals surface area contributed by atoms with Crippen LogP contribution in [0.5, 0.6) is 0 Å². The second-order valence-electron chi connectivity index (χ2n) is 6.57. The molecule has 24 heavy (non-hydrogen) atoms. The summed E-state index contributed by atoms with van der Waals surface area (Å²) in [6, 6.07) is 4.91. The molecule has 1 unspecified atom stereocenters.